The minimum atomic E-state index is 0.743. The zero-order valence-electron chi connectivity index (χ0n) is 10.0. The van der Waals surface area contributed by atoms with E-state index in [1.807, 2.05) is 31.2 Å². The average molecular weight is 241 g/mol. The molecular formula is C10H19N5S. The molecule has 0 fully saturated rings. The van der Waals surface area contributed by atoms with E-state index in [1.54, 1.807) is 11.7 Å². The molecule has 6 heteroatoms. The molecule has 16 heavy (non-hydrogen) atoms. The summed E-state index contributed by atoms with van der Waals surface area (Å²) in [6.07, 6.45) is 5.93. The van der Waals surface area contributed by atoms with Crippen LogP contribution in [0.5, 0.6) is 0 Å². The maximum atomic E-state index is 4.14. The maximum Gasteiger partial charge on any atom is 0.191 e. The summed E-state index contributed by atoms with van der Waals surface area (Å²) in [7, 11) is 3.69. The van der Waals surface area contributed by atoms with Gasteiger partial charge in [0, 0.05) is 44.7 Å². The van der Waals surface area contributed by atoms with E-state index in [1.165, 1.54) is 0 Å². The fourth-order valence-electron chi connectivity index (χ4n) is 1.24. The van der Waals surface area contributed by atoms with Crippen molar-refractivity contribution >= 4 is 17.7 Å². The first-order chi connectivity index (χ1) is 7.76. The zero-order chi connectivity index (χ0) is 11.8. The molecule has 0 aliphatic carbocycles. The van der Waals surface area contributed by atoms with Gasteiger partial charge in [0.05, 0.1) is 6.20 Å². The van der Waals surface area contributed by atoms with Crippen molar-refractivity contribution in [1.82, 2.24) is 20.4 Å². The summed E-state index contributed by atoms with van der Waals surface area (Å²) in [4.78, 5) is 4.14. The summed E-state index contributed by atoms with van der Waals surface area (Å²) in [6.45, 7) is 1.67. The van der Waals surface area contributed by atoms with Crippen molar-refractivity contribution in [2.45, 2.75) is 6.54 Å². The topological polar surface area (TPSA) is 54.2 Å². The molecule has 0 radical (unpaired) electrons. The predicted octanol–water partition coefficient (Wildman–Crippen LogP) is 0.448. The van der Waals surface area contributed by atoms with Gasteiger partial charge < -0.3 is 10.6 Å². The molecule has 1 heterocycles. The number of rotatable bonds is 5. The Bertz CT molecular complexity index is 334. The zero-order valence-corrected chi connectivity index (χ0v) is 10.8. The molecule has 0 aliphatic rings. The molecule has 1 rings (SSSR count). The van der Waals surface area contributed by atoms with E-state index >= 15 is 0 Å². The second-order valence-corrected chi connectivity index (χ2v) is 4.35. The van der Waals surface area contributed by atoms with Gasteiger partial charge in [-0.15, -0.1) is 0 Å². The van der Waals surface area contributed by atoms with Gasteiger partial charge in [0.25, 0.3) is 0 Å². The molecule has 5 nitrogen and oxygen atoms in total. The van der Waals surface area contributed by atoms with E-state index in [0.717, 1.165) is 30.4 Å². The second kappa shape index (κ2) is 7.16. The molecule has 0 aliphatic heterocycles. The molecule has 0 amide bonds. The number of aliphatic imine (C=N–C) groups is 1. The van der Waals surface area contributed by atoms with Gasteiger partial charge in [-0.05, 0) is 6.26 Å². The molecule has 0 aromatic carbocycles. The van der Waals surface area contributed by atoms with E-state index in [9.17, 15) is 0 Å². The van der Waals surface area contributed by atoms with Crippen LogP contribution in [-0.4, -0.2) is 41.3 Å². The van der Waals surface area contributed by atoms with Gasteiger partial charge in [0.1, 0.15) is 0 Å². The summed E-state index contributed by atoms with van der Waals surface area (Å²) >= 11 is 1.81. The Morgan fingerprint density at radius 1 is 1.56 bits per heavy atom. The van der Waals surface area contributed by atoms with Crippen LogP contribution in [0.4, 0.5) is 0 Å². The number of aromatic nitrogens is 2. The van der Waals surface area contributed by atoms with Crippen molar-refractivity contribution in [3.63, 3.8) is 0 Å². The van der Waals surface area contributed by atoms with Crippen molar-refractivity contribution in [3.8, 4) is 0 Å². The molecule has 0 unspecified atom stereocenters. The summed E-state index contributed by atoms with van der Waals surface area (Å²) in [5.41, 5.74) is 1.15. The number of hydrogen-bond acceptors (Lipinski definition) is 3. The van der Waals surface area contributed by atoms with E-state index in [2.05, 4.69) is 27.0 Å². The molecule has 1 aromatic heterocycles. The Labute approximate surface area is 101 Å². The maximum absolute atomic E-state index is 4.14. The Morgan fingerprint density at radius 2 is 2.38 bits per heavy atom. The van der Waals surface area contributed by atoms with E-state index < -0.39 is 0 Å². The van der Waals surface area contributed by atoms with Gasteiger partial charge in [0.2, 0.25) is 0 Å². The molecule has 0 saturated carbocycles. The first-order valence-electron chi connectivity index (χ1n) is 5.17. The second-order valence-electron chi connectivity index (χ2n) is 3.37. The van der Waals surface area contributed by atoms with Gasteiger partial charge in [-0.3, -0.25) is 9.67 Å². The summed E-state index contributed by atoms with van der Waals surface area (Å²) in [6, 6.07) is 0. The highest BCUT2D eigenvalue weighted by molar-refractivity contribution is 7.98. The normalized spacial score (nSPS) is 11.6. The van der Waals surface area contributed by atoms with Crippen LogP contribution < -0.4 is 10.6 Å². The lowest BCUT2D eigenvalue weighted by Gasteiger charge is -2.10. The van der Waals surface area contributed by atoms with Crippen molar-refractivity contribution < 1.29 is 0 Å². The average Bonchev–Trinajstić information content (AvgIpc) is 2.69. The number of hydrogen-bond donors (Lipinski definition) is 2. The van der Waals surface area contributed by atoms with Gasteiger partial charge in [-0.2, -0.15) is 16.9 Å². The van der Waals surface area contributed by atoms with Crippen LogP contribution in [0.2, 0.25) is 0 Å². The summed E-state index contributed by atoms with van der Waals surface area (Å²) < 4.78 is 1.79. The highest BCUT2D eigenvalue weighted by atomic mass is 32.2. The van der Waals surface area contributed by atoms with E-state index in [4.69, 9.17) is 0 Å². The van der Waals surface area contributed by atoms with Gasteiger partial charge in [-0.1, -0.05) is 0 Å². The van der Waals surface area contributed by atoms with Crippen molar-refractivity contribution in [3.05, 3.63) is 18.0 Å². The lowest BCUT2D eigenvalue weighted by atomic mass is 10.4. The van der Waals surface area contributed by atoms with Crippen LogP contribution in [0, 0.1) is 0 Å². The number of nitrogens with one attached hydrogen (secondary N) is 2. The predicted molar refractivity (Wildman–Crippen MR) is 69.8 cm³/mol. The molecule has 90 valence electrons. The summed E-state index contributed by atoms with van der Waals surface area (Å²) in [5, 5.41) is 10.6. The number of guanidine groups is 1. The number of nitrogens with zero attached hydrogens (tertiary/aromatic N) is 3. The van der Waals surface area contributed by atoms with Crippen LogP contribution in [0.1, 0.15) is 5.56 Å². The fraction of sp³-hybridized carbons (Fsp3) is 0.600. The van der Waals surface area contributed by atoms with Crippen LogP contribution >= 0.6 is 11.8 Å². The highest BCUT2D eigenvalue weighted by Gasteiger charge is 1.98. The lowest BCUT2D eigenvalue weighted by molar-refractivity contribution is 0.765. The Kier molecular flexibility index (Phi) is 5.77. The molecule has 1 aromatic rings. The van der Waals surface area contributed by atoms with E-state index in [0.29, 0.717) is 0 Å². The molecule has 2 N–H and O–H groups in total. The third-order valence-corrected chi connectivity index (χ3v) is 2.65. The van der Waals surface area contributed by atoms with Gasteiger partial charge in [0.15, 0.2) is 5.96 Å². The molecule has 0 saturated heterocycles. The third kappa shape index (κ3) is 4.57. The van der Waals surface area contributed by atoms with Crippen LogP contribution in [0.3, 0.4) is 0 Å². The van der Waals surface area contributed by atoms with Crippen molar-refractivity contribution in [2.75, 3.05) is 25.6 Å². The molecular weight excluding hydrogens is 222 g/mol. The van der Waals surface area contributed by atoms with Crippen LogP contribution in [0.15, 0.2) is 17.4 Å². The van der Waals surface area contributed by atoms with Gasteiger partial charge >= 0.3 is 0 Å². The first-order valence-corrected chi connectivity index (χ1v) is 6.56. The van der Waals surface area contributed by atoms with Crippen molar-refractivity contribution in [2.24, 2.45) is 12.0 Å². The molecule has 0 atom stereocenters. The number of aryl methyl sites for hydroxylation is 1. The van der Waals surface area contributed by atoms with Crippen molar-refractivity contribution in [1.29, 1.82) is 0 Å². The Hall–Kier alpha value is -1.17. The first kappa shape index (κ1) is 12.9. The Balaban J connectivity index is 2.29. The molecule has 0 bridgehead atoms. The lowest BCUT2D eigenvalue weighted by Crippen LogP contribution is -2.37. The van der Waals surface area contributed by atoms with E-state index in [-0.39, 0.29) is 0 Å². The number of thioether (sulfide) groups is 1. The smallest absolute Gasteiger partial charge is 0.191 e. The van der Waals surface area contributed by atoms with Crippen LogP contribution in [0.25, 0.3) is 0 Å². The van der Waals surface area contributed by atoms with Crippen LogP contribution in [-0.2, 0) is 13.6 Å². The largest absolute Gasteiger partial charge is 0.356 e. The summed E-state index contributed by atoms with van der Waals surface area (Å²) in [5.74, 6) is 1.91. The third-order valence-electron chi connectivity index (χ3n) is 2.04. The molecule has 0 spiro atoms. The SMILES string of the molecule is CN=C(NCCSC)NCc1cnn(C)c1. The quantitative estimate of drug-likeness (QED) is 0.446. The minimum absolute atomic E-state index is 0.743. The van der Waals surface area contributed by atoms with Gasteiger partial charge in [-0.25, -0.2) is 0 Å². The standard InChI is InChI=1S/C10H19N5S/c1-11-10(12-4-5-16-3)13-6-9-7-14-15(2)8-9/h7-8H,4-6H2,1-3H3,(H2,11,12,13). The monoisotopic (exact) mass is 241 g/mol. The fourth-order valence-corrected chi connectivity index (χ4v) is 1.55. The minimum Gasteiger partial charge on any atom is -0.356 e. The Morgan fingerprint density at radius 3 is 2.94 bits per heavy atom. The highest BCUT2D eigenvalue weighted by Crippen LogP contribution is 1.94.